The smallest absolute Gasteiger partial charge is 0.348 e. The minimum atomic E-state index is -0.337. The molecule has 2 heterocycles. The molecular weight excluding hydrogens is 442 g/mol. The minimum absolute atomic E-state index is 0.323. The average Bonchev–Trinajstić information content (AvgIpc) is 3.15. The molecule has 0 aliphatic carbocycles. The molecule has 0 aliphatic rings. The van der Waals surface area contributed by atoms with Gasteiger partial charge in [-0.2, -0.15) is 0 Å². The van der Waals surface area contributed by atoms with Gasteiger partial charge in [0.15, 0.2) is 0 Å². The van der Waals surface area contributed by atoms with E-state index in [1.165, 1.54) is 11.3 Å². The summed E-state index contributed by atoms with van der Waals surface area (Å²) in [6.07, 6.45) is 0. The number of thiophene rings is 1. The lowest BCUT2D eigenvalue weighted by Crippen LogP contribution is -2.04. The number of hydrogen-bond acceptors (Lipinski definition) is 8. The fourth-order valence-electron chi connectivity index (χ4n) is 3.27. The third-order valence-corrected chi connectivity index (χ3v) is 6.94. The first-order valence-electron chi connectivity index (χ1n) is 10.2. The first kappa shape index (κ1) is 22.1. The highest BCUT2D eigenvalue weighted by molar-refractivity contribution is 7.98. The summed E-state index contributed by atoms with van der Waals surface area (Å²) in [6.45, 7) is 4.03. The highest BCUT2D eigenvalue weighted by Gasteiger charge is 2.22. The van der Waals surface area contributed by atoms with Gasteiger partial charge in [-0.3, -0.25) is 0 Å². The van der Waals surface area contributed by atoms with Crippen molar-refractivity contribution < 1.29 is 14.3 Å². The number of thioether (sulfide) groups is 1. The molecule has 2 aromatic heterocycles. The van der Waals surface area contributed by atoms with Crippen LogP contribution in [0.5, 0.6) is 5.75 Å². The van der Waals surface area contributed by atoms with Crippen LogP contribution in [0.2, 0.25) is 0 Å². The van der Waals surface area contributed by atoms with Crippen LogP contribution in [0.1, 0.15) is 28.0 Å². The van der Waals surface area contributed by atoms with E-state index < -0.39 is 0 Å². The van der Waals surface area contributed by atoms with Crippen LogP contribution in [0.4, 0.5) is 11.5 Å². The Labute approximate surface area is 195 Å². The summed E-state index contributed by atoms with van der Waals surface area (Å²) in [5.74, 6) is 2.30. The van der Waals surface area contributed by atoms with Crippen LogP contribution in [0.3, 0.4) is 0 Å². The van der Waals surface area contributed by atoms with Gasteiger partial charge in [-0.15, -0.1) is 23.1 Å². The molecule has 4 aromatic rings. The van der Waals surface area contributed by atoms with Crippen molar-refractivity contribution >= 4 is 50.8 Å². The molecule has 0 radical (unpaired) electrons. The molecule has 0 saturated heterocycles. The van der Waals surface area contributed by atoms with Gasteiger partial charge in [-0.05, 0) is 43.7 Å². The maximum absolute atomic E-state index is 12.5. The summed E-state index contributed by atoms with van der Waals surface area (Å²) in [5.41, 5.74) is 1.60. The van der Waals surface area contributed by atoms with Crippen LogP contribution in [0.25, 0.3) is 10.2 Å². The van der Waals surface area contributed by atoms with E-state index in [-0.39, 0.29) is 5.97 Å². The number of carbonyl (C=O) groups is 1. The van der Waals surface area contributed by atoms with Gasteiger partial charge in [-0.1, -0.05) is 30.3 Å². The maximum Gasteiger partial charge on any atom is 0.348 e. The van der Waals surface area contributed by atoms with E-state index in [1.807, 2.05) is 49.4 Å². The van der Waals surface area contributed by atoms with Crippen LogP contribution >= 0.6 is 23.1 Å². The molecule has 4 rings (SSSR count). The number of ether oxygens (including phenoxy) is 2. The molecular formula is C24H23N3O3S2. The predicted octanol–water partition coefficient (Wildman–Crippen LogP) is 6.22. The number of methoxy groups -OCH3 is 1. The number of benzene rings is 2. The Hall–Kier alpha value is -3.10. The number of rotatable bonds is 8. The highest BCUT2D eigenvalue weighted by Crippen LogP contribution is 2.37. The largest absolute Gasteiger partial charge is 0.495 e. The molecule has 0 atom stereocenters. The molecule has 0 amide bonds. The molecule has 2 aromatic carbocycles. The van der Waals surface area contributed by atoms with Crippen molar-refractivity contribution in [3.63, 3.8) is 0 Å². The van der Waals surface area contributed by atoms with Gasteiger partial charge in [-0.25, -0.2) is 14.8 Å². The van der Waals surface area contributed by atoms with Crippen molar-refractivity contribution in [1.82, 2.24) is 9.97 Å². The lowest BCUT2D eigenvalue weighted by molar-refractivity contribution is 0.0531. The number of aryl methyl sites for hydroxylation is 1. The van der Waals surface area contributed by atoms with E-state index in [9.17, 15) is 4.79 Å². The second-order valence-electron chi connectivity index (χ2n) is 6.87. The zero-order valence-electron chi connectivity index (χ0n) is 18.0. The molecule has 0 fully saturated rings. The van der Waals surface area contributed by atoms with Gasteiger partial charge in [0.1, 0.15) is 27.1 Å². The van der Waals surface area contributed by atoms with Gasteiger partial charge in [0.25, 0.3) is 0 Å². The molecule has 0 saturated carbocycles. The van der Waals surface area contributed by atoms with E-state index in [0.29, 0.717) is 34.6 Å². The van der Waals surface area contributed by atoms with Gasteiger partial charge in [0, 0.05) is 4.90 Å². The van der Waals surface area contributed by atoms with Crippen LogP contribution in [-0.2, 0) is 10.5 Å². The molecule has 164 valence electrons. The zero-order chi connectivity index (χ0) is 22.5. The van der Waals surface area contributed by atoms with Gasteiger partial charge in [0.05, 0.1) is 30.5 Å². The Kier molecular flexibility index (Phi) is 6.92. The Balaban J connectivity index is 1.77. The number of anilines is 2. The van der Waals surface area contributed by atoms with Crippen molar-refractivity contribution in [3.8, 4) is 5.75 Å². The van der Waals surface area contributed by atoms with E-state index in [2.05, 4.69) is 17.4 Å². The minimum Gasteiger partial charge on any atom is -0.495 e. The number of nitrogens with one attached hydrogen (secondary N) is 1. The third-order valence-electron chi connectivity index (χ3n) is 4.77. The second-order valence-corrected chi connectivity index (χ2v) is 8.92. The fourth-order valence-corrected chi connectivity index (χ4v) is 5.14. The normalized spacial score (nSPS) is 10.8. The lowest BCUT2D eigenvalue weighted by Gasteiger charge is -2.12. The third kappa shape index (κ3) is 4.71. The SMILES string of the molecule is CCOC(=O)c1sc2nc(CSc3ccccc3)nc(Nc3ccccc3OC)c2c1C. The quantitative estimate of drug-likeness (QED) is 0.244. The summed E-state index contributed by atoms with van der Waals surface area (Å²) < 4.78 is 10.7. The number of aromatic nitrogens is 2. The van der Waals surface area contributed by atoms with Crippen molar-refractivity contribution in [2.24, 2.45) is 0 Å². The van der Waals surface area contributed by atoms with Crippen LogP contribution in [-0.4, -0.2) is 29.7 Å². The summed E-state index contributed by atoms with van der Waals surface area (Å²) in [5, 5.41) is 4.22. The number of para-hydroxylation sites is 2. The Morgan fingerprint density at radius 2 is 1.84 bits per heavy atom. The molecule has 32 heavy (non-hydrogen) atoms. The molecule has 0 unspecified atom stereocenters. The van der Waals surface area contributed by atoms with Crippen LogP contribution in [0, 0.1) is 6.92 Å². The number of carbonyl (C=O) groups excluding carboxylic acids is 1. The topological polar surface area (TPSA) is 73.3 Å². The van der Waals surface area contributed by atoms with Crippen LogP contribution < -0.4 is 10.1 Å². The average molecular weight is 466 g/mol. The molecule has 1 N–H and O–H groups in total. The van der Waals surface area contributed by atoms with Gasteiger partial charge in [0.2, 0.25) is 0 Å². The molecule has 0 bridgehead atoms. The first-order valence-corrected chi connectivity index (χ1v) is 12.0. The lowest BCUT2D eigenvalue weighted by atomic mass is 10.2. The van der Waals surface area contributed by atoms with Crippen molar-refractivity contribution in [2.45, 2.75) is 24.5 Å². The number of hydrogen-bond donors (Lipinski definition) is 1. The summed E-state index contributed by atoms with van der Waals surface area (Å²) in [6, 6.07) is 17.8. The van der Waals surface area contributed by atoms with E-state index >= 15 is 0 Å². The first-order chi connectivity index (χ1) is 15.6. The van der Waals surface area contributed by atoms with Crippen molar-refractivity contribution in [2.75, 3.05) is 19.0 Å². The fraction of sp³-hybridized carbons (Fsp3) is 0.208. The van der Waals surface area contributed by atoms with Crippen LogP contribution in [0.15, 0.2) is 59.5 Å². The van der Waals surface area contributed by atoms with Gasteiger partial charge < -0.3 is 14.8 Å². The number of nitrogens with zero attached hydrogens (tertiary/aromatic N) is 2. The zero-order valence-corrected chi connectivity index (χ0v) is 19.7. The number of esters is 1. The Morgan fingerprint density at radius 3 is 2.59 bits per heavy atom. The van der Waals surface area contributed by atoms with E-state index in [0.717, 1.165) is 26.4 Å². The summed E-state index contributed by atoms with van der Waals surface area (Å²) >= 11 is 3.00. The molecule has 8 heteroatoms. The number of fused-ring (bicyclic) bond motifs is 1. The van der Waals surface area contributed by atoms with E-state index in [1.54, 1.807) is 25.8 Å². The highest BCUT2D eigenvalue weighted by atomic mass is 32.2. The molecule has 6 nitrogen and oxygen atoms in total. The molecule has 0 spiro atoms. The maximum atomic E-state index is 12.5. The monoisotopic (exact) mass is 465 g/mol. The molecule has 0 aliphatic heterocycles. The van der Waals surface area contributed by atoms with Crippen molar-refractivity contribution in [1.29, 1.82) is 0 Å². The Morgan fingerprint density at radius 1 is 1.09 bits per heavy atom. The Bertz CT molecular complexity index is 1240. The second kappa shape index (κ2) is 10.0. The van der Waals surface area contributed by atoms with Crippen molar-refractivity contribution in [3.05, 3.63) is 70.9 Å². The standard InChI is InChI=1S/C24H23N3O3S2/c1-4-30-24(28)21-15(2)20-22(25-17-12-8-9-13-18(17)29-3)26-19(27-23(20)32-21)14-31-16-10-6-5-7-11-16/h5-13H,4,14H2,1-3H3,(H,25,26,27). The van der Waals surface area contributed by atoms with Gasteiger partial charge >= 0.3 is 5.97 Å². The van der Waals surface area contributed by atoms with E-state index in [4.69, 9.17) is 19.4 Å². The summed E-state index contributed by atoms with van der Waals surface area (Å²) in [4.78, 5) is 24.5. The summed E-state index contributed by atoms with van der Waals surface area (Å²) in [7, 11) is 1.63. The predicted molar refractivity (Wildman–Crippen MR) is 130 cm³/mol.